The third kappa shape index (κ3) is 5.60. The molecule has 0 amide bonds. The Hall–Kier alpha value is -2.24. The van der Waals surface area contributed by atoms with Crippen molar-refractivity contribution < 1.29 is 23.8 Å². The van der Waals surface area contributed by atoms with E-state index in [1.165, 1.54) is 6.92 Å². The molecule has 6 heteroatoms. The Kier molecular flexibility index (Phi) is 6.36. The summed E-state index contributed by atoms with van der Waals surface area (Å²) in [6.07, 6.45) is -0.854. The second-order valence-electron chi connectivity index (χ2n) is 4.05. The third-order valence-corrected chi connectivity index (χ3v) is 2.38. The standard InChI is InChI=1S/C14H19NO5/c1-3-18-14(17)10(2)20-13(16)8-9-19-12-6-4-11(15)5-7-12/h4-7,10H,3,8-9,15H2,1-2H3. The molecule has 0 aliphatic rings. The summed E-state index contributed by atoms with van der Waals surface area (Å²) < 4.78 is 15.0. The number of rotatable bonds is 7. The minimum Gasteiger partial charge on any atom is -0.493 e. The van der Waals surface area contributed by atoms with Gasteiger partial charge >= 0.3 is 11.9 Å². The summed E-state index contributed by atoms with van der Waals surface area (Å²) in [5, 5.41) is 0. The van der Waals surface area contributed by atoms with Gasteiger partial charge < -0.3 is 19.9 Å². The second kappa shape index (κ2) is 8.04. The number of esters is 2. The van der Waals surface area contributed by atoms with Gasteiger partial charge in [0.2, 0.25) is 0 Å². The Balaban J connectivity index is 2.26. The molecule has 6 nitrogen and oxygen atoms in total. The van der Waals surface area contributed by atoms with Crippen LogP contribution in [0.4, 0.5) is 5.69 Å². The van der Waals surface area contributed by atoms with Gasteiger partial charge in [-0.3, -0.25) is 4.79 Å². The van der Waals surface area contributed by atoms with Gasteiger partial charge in [-0.25, -0.2) is 4.79 Å². The smallest absolute Gasteiger partial charge is 0.347 e. The van der Waals surface area contributed by atoms with Crippen molar-refractivity contribution >= 4 is 17.6 Å². The molecule has 1 atom stereocenters. The van der Waals surface area contributed by atoms with E-state index in [0.29, 0.717) is 11.4 Å². The number of carbonyl (C=O) groups excluding carboxylic acids is 2. The van der Waals surface area contributed by atoms with E-state index in [2.05, 4.69) is 0 Å². The number of hydrogen-bond acceptors (Lipinski definition) is 6. The topological polar surface area (TPSA) is 87.8 Å². The molecule has 0 heterocycles. The summed E-state index contributed by atoms with van der Waals surface area (Å²) in [4.78, 5) is 22.7. The number of nitrogens with two attached hydrogens (primary N) is 1. The van der Waals surface area contributed by atoms with Crippen molar-refractivity contribution in [1.82, 2.24) is 0 Å². The van der Waals surface area contributed by atoms with E-state index in [4.69, 9.17) is 19.9 Å². The SMILES string of the molecule is CCOC(=O)C(C)OC(=O)CCOc1ccc(N)cc1. The molecule has 1 aromatic carbocycles. The first-order valence-corrected chi connectivity index (χ1v) is 6.37. The van der Waals surface area contributed by atoms with E-state index >= 15 is 0 Å². The molecular weight excluding hydrogens is 262 g/mol. The minimum absolute atomic E-state index is 0.0497. The van der Waals surface area contributed by atoms with E-state index in [1.54, 1.807) is 31.2 Å². The van der Waals surface area contributed by atoms with Crippen LogP contribution in [0.3, 0.4) is 0 Å². The van der Waals surface area contributed by atoms with Gasteiger partial charge in [-0.1, -0.05) is 0 Å². The molecule has 110 valence electrons. The summed E-state index contributed by atoms with van der Waals surface area (Å²) in [6.45, 7) is 3.57. The lowest BCUT2D eigenvalue weighted by Gasteiger charge is -2.12. The fourth-order valence-corrected chi connectivity index (χ4v) is 1.38. The highest BCUT2D eigenvalue weighted by Gasteiger charge is 2.18. The van der Waals surface area contributed by atoms with Crippen LogP contribution in [-0.2, 0) is 19.1 Å². The Morgan fingerprint density at radius 2 is 1.90 bits per heavy atom. The van der Waals surface area contributed by atoms with Crippen molar-refractivity contribution in [1.29, 1.82) is 0 Å². The van der Waals surface area contributed by atoms with Gasteiger partial charge in [0.25, 0.3) is 0 Å². The van der Waals surface area contributed by atoms with Gasteiger partial charge in [0.05, 0.1) is 19.6 Å². The molecule has 1 rings (SSSR count). The Labute approximate surface area is 117 Å². The molecule has 0 aliphatic carbocycles. The zero-order valence-corrected chi connectivity index (χ0v) is 11.6. The lowest BCUT2D eigenvalue weighted by Crippen LogP contribution is -2.26. The van der Waals surface area contributed by atoms with Crippen LogP contribution in [0.5, 0.6) is 5.75 Å². The van der Waals surface area contributed by atoms with Crippen molar-refractivity contribution in [2.24, 2.45) is 0 Å². The predicted octanol–water partition coefficient (Wildman–Crippen LogP) is 1.53. The number of benzene rings is 1. The zero-order chi connectivity index (χ0) is 15.0. The van der Waals surface area contributed by atoms with Crippen LogP contribution in [-0.4, -0.2) is 31.3 Å². The van der Waals surface area contributed by atoms with Gasteiger partial charge in [-0.05, 0) is 38.1 Å². The quantitative estimate of drug-likeness (QED) is 0.602. The Morgan fingerprint density at radius 1 is 1.25 bits per heavy atom. The van der Waals surface area contributed by atoms with Gasteiger partial charge in [-0.2, -0.15) is 0 Å². The summed E-state index contributed by atoms with van der Waals surface area (Å²) in [5.41, 5.74) is 6.18. The summed E-state index contributed by atoms with van der Waals surface area (Å²) in [5.74, 6) is -0.452. The van der Waals surface area contributed by atoms with Crippen LogP contribution < -0.4 is 10.5 Å². The van der Waals surface area contributed by atoms with Crippen LogP contribution in [0.2, 0.25) is 0 Å². The van der Waals surface area contributed by atoms with Crippen molar-refractivity contribution in [3.8, 4) is 5.75 Å². The van der Waals surface area contributed by atoms with Gasteiger partial charge in [0, 0.05) is 5.69 Å². The van der Waals surface area contributed by atoms with Crippen molar-refractivity contribution in [3.63, 3.8) is 0 Å². The van der Waals surface area contributed by atoms with Crippen molar-refractivity contribution in [3.05, 3.63) is 24.3 Å². The summed E-state index contributed by atoms with van der Waals surface area (Å²) in [6, 6.07) is 6.83. The maximum Gasteiger partial charge on any atom is 0.347 e. The van der Waals surface area contributed by atoms with Crippen LogP contribution in [0, 0.1) is 0 Å². The van der Waals surface area contributed by atoms with Gasteiger partial charge in [-0.15, -0.1) is 0 Å². The maximum absolute atomic E-state index is 11.5. The van der Waals surface area contributed by atoms with Crippen molar-refractivity contribution in [2.75, 3.05) is 18.9 Å². The normalized spacial score (nSPS) is 11.5. The third-order valence-electron chi connectivity index (χ3n) is 2.38. The number of carbonyl (C=O) groups is 2. The second-order valence-corrected chi connectivity index (χ2v) is 4.05. The van der Waals surface area contributed by atoms with Gasteiger partial charge in [0.1, 0.15) is 5.75 Å². The van der Waals surface area contributed by atoms with E-state index in [0.717, 1.165) is 0 Å². The van der Waals surface area contributed by atoms with E-state index in [1.807, 2.05) is 0 Å². The van der Waals surface area contributed by atoms with Crippen LogP contribution in [0.1, 0.15) is 20.3 Å². The molecule has 0 aromatic heterocycles. The number of hydrogen-bond donors (Lipinski definition) is 1. The molecule has 2 N–H and O–H groups in total. The molecule has 20 heavy (non-hydrogen) atoms. The molecule has 0 saturated carbocycles. The highest BCUT2D eigenvalue weighted by Crippen LogP contribution is 2.13. The molecule has 0 fully saturated rings. The number of ether oxygens (including phenoxy) is 3. The molecule has 1 aromatic rings. The number of nitrogen functional groups attached to an aromatic ring is 1. The van der Waals surface area contributed by atoms with Crippen LogP contribution in [0.15, 0.2) is 24.3 Å². The average Bonchev–Trinajstić information content (AvgIpc) is 2.41. The highest BCUT2D eigenvalue weighted by atomic mass is 16.6. The highest BCUT2D eigenvalue weighted by molar-refractivity contribution is 5.79. The van der Waals surface area contributed by atoms with E-state index < -0.39 is 18.0 Å². The fraction of sp³-hybridized carbons (Fsp3) is 0.429. The molecule has 0 saturated heterocycles. The first-order chi connectivity index (χ1) is 9.52. The molecule has 0 bridgehead atoms. The minimum atomic E-state index is -0.904. The summed E-state index contributed by atoms with van der Waals surface area (Å²) in [7, 11) is 0. The molecule has 1 unspecified atom stereocenters. The lowest BCUT2D eigenvalue weighted by molar-refractivity contribution is -0.166. The number of anilines is 1. The molecule has 0 radical (unpaired) electrons. The summed E-state index contributed by atoms with van der Waals surface area (Å²) >= 11 is 0. The predicted molar refractivity (Wildman–Crippen MR) is 73.2 cm³/mol. The molecule has 0 spiro atoms. The first-order valence-electron chi connectivity index (χ1n) is 6.37. The first kappa shape index (κ1) is 15.8. The lowest BCUT2D eigenvalue weighted by atomic mass is 10.3. The van der Waals surface area contributed by atoms with Gasteiger partial charge in [0.15, 0.2) is 6.10 Å². The largest absolute Gasteiger partial charge is 0.493 e. The zero-order valence-electron chi connectivity index (χ0n) is 11.6. The van der Waals surface area contributed by atoms with Crippen molar-refractivity contribution in [2.45, 2.75) is 26.4 Å². The maximum atomic E-state index is 11.5. The van der Waals surface area contributed by atoms with E-state index in [-0.39, 0.29) is 19.6 Å². The molecular formula is C14H19NO5. The molecule has 0 aliphatic heterocycles. The monoisotopic (exact) mass is 281 g/mol. The fourth-order valence-electron chi connectivity index (χ4n) is 1.38. The van der Waals surface area contributed by atoms with E-state index in [9.17, 15) is 9.59 Å². The van der Waals surface area contributed by atoms with Crippen LogP contribution in [0.25, 0.3) is 0 Å². The Morgan fingerprint density at radius 3 is 2.50 bits per heavy atom. The Bertz CT molecular complexity index is 443. The average molecular weight is 281 g/mol. The van der Waals surface area contributed by atoms with Crippen LogP contribution >= 0.6 is 0 Å².